The van der Waals surface area contributed by atoms with Gasteiger partial charge in [-0.05, 0) is 24.1 Å². The molecule has 0 atom stereocenters. The molecule has 0 aliphatic rings. The zero-order valence-corrected chi connectivity index (χ0v) is 12.2. The lowest BCUT2D eigenvalue weighted by Gasteiger charge is -1.95. The smallest absolute Gasteiger partial charge is 0.239 e. The highest BCUT2D eigenvalue weighted by molar-refractivity contribution is 6.37. The summed E-state index contributed by atoms with van der Waals surface area (Å²) >= 11 is 6.29. The number of rotatable bonds is 1. The van der Waals surface area contributed by atoms with Crippen LogP contribution in [0.15, 0.2) is 54.6 Å². The molecule has 2 aromatic carbocycles. The van der Waals surface area contributed by atoms with Crippen molar-refractivity contribution in [1.82, 2.24) is 4.57 Å². The van der Waals surface area contributed by atoms with Gasteiger partial charge in [0.15, 0.2) is 0 Å². The maximum atomic E-state index is 12.4. The van der Waals surface area contributed by atoms with E-state index >= 15 is 0 Å². The number of aryl methyl sites for hydroxylation is 1. The van der Waals surface area contributed by atoms with Gasteiger partial charge in [-0.3, -0.25) is 4.79 Å². The van der Waals surface area contributed by atoms with Crippen molar-refractivity contribution in [2.24, 2.45) is 7.05 Å². The molecule has 3 heteroatoms. The second kappa shape index (κ2) is 5.47. The third kappa shape index (κ3) is 2.44. The number of halogens is 1. The predicted octanol–water partition coefficient (Wildman–Crippen LogP) is 4.07. The summed E-state index contributed by atoms with van der Waals surface area (Å²) in [5.74, 6) is 5.29. The van der Waals surface area contributed by atoms with Crippen LogP contribution in [0.5, 0.6) is 0 Å². The third-order valence-electron chi connectivity index (χ3n) is 3.36. The molecule has 3 rings (SSSR count). The van der Waals surface area contributed by atoms with E-state index < -0.39 is 0 Å². The van der Waals surface area contributed by atoms with Gasteiger partial charge >= 0.3 is 0 Å². The number of benzene rings is 2. The van der Waals surface area contributed by atoms with Crippen LogP contribution >= 0.6 is 11.6 Å². The summed E-state index contributed by atoms with van der Waals surface area (Å²) in [5, 5.41) is 1.25. The number of carbonyl (C=O) groups excluding carboxylic acids is 1. The Morgan fingerprint density at radius 1 is 1.05 bits per heavy atom. The Labute approximate surface area is 128 Å². The van der Waals surface area contributed by atoms with Crippen LogP contribution in [-0.4, -0.2) is 10.4 Å². The fourth-order valence-electron chi connectivity index (χ4n) is 2.29. The van der Waals surface area contributed by atoms with Crippen LogP contribution < -0.4 is 0 Å². The molecule has 0 amide bonds. The van der Waals surface area contributed by atoms with Gasteiger partial charge in [0, 0.05) is 23.5 Å². The maximum Gasteiger partial charge on any atom is 0.239 e. The van der Waals surface area contributed by atoms with Gasteiger partial charge in [-0.25, -0.2) is 0 Å². The average Bonchev–Trinajstić information content (AvgIpc) is 2.78. The number of nitrogens with zero attached hydrogens (tertiary/aromatic N) is 1. The number of para-hydroxylation sites is 1. The predicted molar refractivity (Wildman–Crippen MR) is 85.6 cm³/mol. The maximum absolute atomic E-state index is 12.4. The molecule has 1 heterocycles. The first-order chi connectivity index (χ1) is 10.2. The lowest BCUT2D eigenvalue weighted by Crippen LogP contribution is -1.96. The topological polar surface area (TPSA) is 22.0 Å². The molecular formula is C18H12ClNO. The summed E-state index contributed by atoms with van der Waals surface area (Å²) in [6.07, 6.45) is 0. The van der Waals surface area contributed by atoms with Gasteiger partial charge < -0.3 is 4.57 Å². The zero-order valence-electron chi connectivity index (χ0n) is 11.4. The fraction of sp³-hybridized carbons (Fsp3) is 0.0556. The number of aromatic nitrogens is 1. The van der Waals surface area contributed by atoms with E-state index in [0.717, 1.165) is 16.5 Å². The van der Waals surface area contributed by atoms with Crippen LogP contribution in [0.2, 0.25) is 5.15 Å². The second-order valence-corrected chi connectivity index (χ2v) is 5.05. The van der Waals surface area contributed by atoms with E-state index in [2.05, 4.69) is 11.8 Å². The Bertz CT molecular complexity index is 882. The van der Waals surface area contributed by atoms with E-state index in [0.29, 0.717) is 10.7 Å². The minimum Gasteiger partial charge on any atom is -0.334 e. The number of ketones is 1. The summed E-state index contributed by atoms with van der Waals surface area (Å²) in [7, 11) is 1.84. The van der Waals surface area contributed by atoms with Crippen molar-refractivity contribution in [2.75, 3.05) is 0 Å². The first kappa shape index (κ1) is 13.5. The van der Waals surface area contributed by atoms with Crippen molar-refractivity contribution in [3.63, 3.8) is 0 Å². The molecule has 0 saturated carbocycles. The molecule has 21 heavy (non-hydrogen) atoms. The number of Topliss-reactive ketones (excluding diaryl/α,β-unsaturated/α-hetero) is 1. The van der Waals surface area contributed by atoms with E-state index in [1.165, 1.54) is 0 Å². The fourth-order valence-corrected chi connectivity index (χ4v) is 2.57. The molecule has 2 nitrogen and oxygen atoms in total. The van der Waals surface area contributed by atoms with Crippen LogP contribution in [0.3, 0.4) is 0 Å². The van der Waals surface area contributed by atoms with E-state index in [1.807, 2.05) is 61.6 Å². The number of fused-ring (bicyclic) bond motifs is 1. The van der Waals surface area contributed by atoms with Gasteiger partial charge in [-0.2, -0.15) is 0 Å². The molecule has 0 unspecified atom stereocenters. The van der Waals surface area contributed by atoms with Crippen molar-refractivity contribution in [3.8, 4) is 11.8 Å². The van der Waals surface area contributed by atoms with Crippen molar-refractivity contribution in [1.29, 1.82) is 0 Å². The molecule has 0 bridgehead atoms. The highest BCUT2D eigenvalue weighted by atomic mass is 35.5. The summed E-state index contributed by atoms with van der Waals surface area (Å²) in [6, 6.07) is 17.0. The highest BCUT2D eigenvalue weighted by Crippen LogP contribution is 2.29. The highest BCUT2D eigenvalue weighted by Gasteiger charge is 2.18. The second-order valence-electron chi connectivity index (χ2n) is 4.69. The lowest BCUT2D eigenvalue weighted by molar-refractivity contribution is 0.105. The summed E-state index contributed by atoms with van der Waals surface area (Å²) in [6.45, 7) is 0. The van der Waals surface area contributed by atoms with Crippen LogP contribution in [-0.2, 0) is 7.05 Å². The van der Waals surface area contributed by atoms with Gasteiger partial charge in [0.05, 0.1) is 5.56 Å². The van der Waals surface area contributed by atoms with E-state index in [4.69, 9.17) is 11.6 Å². The summed E-state index contributed by atoms with van der Waals surface area (Å²) < 4.78 is 1.80. The van der Waals surface area contributed by atoms with Crippen molar-refractivity contribution in [3.05, 3.63) is 70.9 Å². The van der Waals surface area contributed by atoms with Crippen LogP contribution in [0, 0.1) is 11.8 Å². The van der Waals surface area contributed by atoms with Gasteiger partial charge in [-0.15, -0.1) is 0 Å². The van der Waals surface area contributed by atoms with Gasteiger partial charge in [0.1, 0.15) is 5.15 Å². The Morgan fingerprint density at radius 3 is 2.48 bits per heavy atom. The van der Waals surface area contributed by atoms with E-state index in [9.17, 15) is 4.79 Å². The molecule has 102 valence electrons. The van der Waals surface area contributed by atoms with Crippen LogP contribution in [0.25, 0.3) is 10.9 Å². The van der Waals surface area contributed by atoms with Gasteiger partial charge in [-0.1, -0.05) is 53.9 Å². The monoisotopic (exact) mass is 293 g/mol. The number of carbonyl (C=O) groups is 1. The van der Waals surface area contributed by atoms with Crippen LogP contribution in [0.1, 0.15) is 15.9 Å². The molecule has 0 aliphatic carbocycles. The van der Waals surface area contributed by atoms with Crippen molar-refractivity contribution in [2.45, 2.75) is 0 Å². The largest absolute Gasteiger partial charge is 0.334 e. The number of hydrogen-bond donors (Lipinski definition) is 0. The first-order valence-electron chi connectivity index (χ1n) is 6.53. The Kier molecular flexibility index (Phi) is 3.51. The van der Waals surface area contributed by atoms with Crippen molar-refractivity contribution >= 4 is 28.3 Å². The Morgan fingerprint density at radius 2 is 1.71 bits per heavy atom. The van der Waals surface area contributed by atoms with Crippen molar-refractivity contribution < 1.29 is 4.79 Å². The third-order valence-corrected chi connectivity index (χ3v) is 3.80. The molecule has 0 radical (unpaired) electrons. The molecule has 0 saturated heterocycles. The molecule has 3 aromatic rings. The van der Waals surface area contributed by atoms with E-state index in [-0.39, 0.29) is 5.78 Å². The minimum absolute atomic E-state index is 0.263. The first-order valence-corrected chi connectivity index (χ1v) is 6.90. The summed E-state index contributed by atoms with van der Waals surface area (Å²) in [4.78, 5) is 12.4. The lowest BCUT2D eigenvalue weighted by atomic mass is 10.1. The zero-order chi connectivity index (χ0) is 14.8. The molecule has 1 aromatic heterocycles. The number of hydrogen-bond acceptors (Lipinski definition) is 1. The molecule has 0 aliphatic heterocycles. The molecule has 0 N–H and O–H groups in total. The van der Waals surface area contributed by atoms with Gasteiger partial charge in [0.25, 0.3) is 0 Å². The Balaban J connectivity index is 2.07. The molecule has 0 fully saturated rings. The molecule has 0 spiro atoms. The summed E-state index contributed by atoms with van der Waals surface area (Å²) in [5.41, 5.74) is 2.20. The SMILES string of the molecule is Cn1c(Cl)c(C(=O)C#Cc2ccccc2)c2ccccc21. The Hall–Kier alpha value is -2.50. The van der Waals surface area contributed by atoms with Gasteiger partial charge in [0.2, 0.25) is 5.78 Å². The minimum atomic E-state index is -0.263. The standard InChI is InChI=1S/C18H12ClNO/c1-20-15-10-6-5-9-14(15)17(18(20)19)16(21)12-11-13-7-3-2-4-8-13/h2-10H,1H3. The average molecular weight is 294 g/mol. The normalized spacial score (nSPS) is 10.2. The van der Waals surface area contributed by atoms with E-state index in [1.54, 1.807) is 4.57 Å². The quantitative estimate of drug-likeness (QED) is 0.490. The molecular weight excluding hydrogens is 282 g/mol. The van der Waals surface area contributed by atoms with Crippen LogP contribution in [0.4, 0.5) is 0 Å².